The summed E-state index contributed by atoms with van der Waals surface area (Å²) in [4.78, 5) is 31.8. The predicted octanol–water partition coefficient (Wildman–Crippen LogP) is 19.2. The molecule has 9 heteroatoms. The molecule has 0 spiro atoms. The summed E-state index contributed by atoms with van der Waals surface area (Å²) >= 11 is 0. The summed E-state index contributed by atoms with van der Waals surface area (Å²) in [6.45, 7) is -0.0213. The molecule has 3 aromatic heterocycles. The van der Waals surface area contributed by atoms with Gasteiger partial charge in [0.2, 0.25) is 0 Å². The van der Waals surface area contributed by atoms with Crippen molar-refractivity contribution in [2.24, 2.45) is 0 Å². The Morgan fingerprint density at radius 2 is 0.691 bits per heavy atom. The van der Waals surface area contributed by atoms with E-state index in [1.807, 2.05) is 66.7 Å². The molecule has 5 heterocycles. The van der Waals surface area contributed by atoms with Gasteiger partial charge in [0.15, 0.2) is 23.3 Å². The van der Waals surface area contributed by atoms with Crippen LogP contribution in [0.5, 0.6) is 0 Å². The van der Waals surface area contributed by atoms with E-state index in [-0.39, 0.29) is 6.71 Å². The van der Waals surface area contributed by atoms with Crippen LogP contribution in [0.2, 0.25) is 0 Å². The van der Waals surface area contributed by atoms with Gasteiger partial charge in [0.05, 0.1) is 33.8 Å². The normalized spacial score (nSPS) is 12.2. The first kappa shape index (κ1) is 54.4. The molecule has 0 saturated carbocycles. The van der Waals surface area contributed by atoms with Crippen LogP contribution in [-0.4, -0.2) is 36.2 Å². The van der Waals surface area contributed by atoms with Crippen molar-refractivity contribution in [2.75, 3.05) is 9.80 Å². The fourth-order valence-corrected chi connectivity index (χ4v) is 14.2. The molecular weight excluding hydrogens is 1140 g/mol. The zero-order valence-corrected chi connectivity index (χ0v) is 50.9. The molecule has 13 aromatic carbocycles. The SMILES string of the molecule is c1ccc(-c2ccc3c(c2)c2ccccc2n3-c2ccc(-c3nc(-c4ccccc4)nc(-c4ccccc4)n3)cc2-c2nc(-c3ccccc3)cc(-c3ccc(-c4ccc5c6c4N(c4ccccc4)c4ccccc4B6c4ccccc4N5c4ccccc4)cc3)n2)cc1. The van der Waals surface area contributed by atoms with Gasteiger partial charge in [-0.15, -0.1) is 0 Å². The molecule has 0 radical (unpaired) electrons. The minimum absolute atomic E-state index is 0.0213. The Kier molecular flexibility index (Phi) is 13.1. The number of anilines is 6. The average Bonchev–Trinajstić information content (AvgIpc) is 0.835. The molecule has 94 heavy (non-hydrogen) atoms. The first-order valence-corrected chi connectivity index (χ1v) is 31.8. The Labute approximate surface area is 544 Å². The number of fused-ring (bicyclic) bond motifs is 7. The summed E-state index contributed by atoms with van der Waals surface area (Å²) in [7, 11) is 0. The molecule has 8 nitrogen and oxygen atoms in total. The van der Waals surface area contributed by atoms with Crippen molar-refractivity contribution in [2.45, 2.75) is 0 Å². The monoisotopic (exact) mass is 1200 g/mol. The molecule has 2 aliphatic rings. The Bertz CT molecular complexity index is 5490. The van der Waals surface area contributed by atoms with E-state index < -0.39 is 0 Å². The van der Waals surface area contributed by atoms with E-state index >= 15 is 0 Å². The number of aromatic nitrogens is 6. The third kappa shape index (κ3) is 9.28. The van der Waals surface area contributed by atoms with Crippen LogP contribution in [0.3, 0.4) is 0 Å². The molecule has 0 aliphatic carbocycles. The number of hydrogen-bond acceptors (Lipinski definition) is 7. The highest BCUT2D eigenvalue weighted by Crippen LogP contribution is 2.48. The maximum Gasteiger partial charge on any atom is 0.252 e. The van der Waals surface area contributed by atoms with E-state index in [4.69, 9.17) is 24.9 Å². The topological polar surface area (TPSA) is 75.9 Å². The third-order valence-electron chi connectivity index (χ3n) is 18.5. The van der Waals surface area contributed by atoms with E-state index in [1.165, 1.54) is 22.1 Å². The molecule has 0 bridgehead atoms. The highest BCUT2D eigenvalue weighted by Gasteiger charge is 2.44. The maximum absolute atomic E-state index is 5.71. The van der Waals surface area contributed by atoms with Crippen molar-refractivity contribution in [3.8, 4) is 96.0 Å². The number of rotatable bonds is 11. The second kappa shape index (κ2) is 22.7. The molecule has 0 N–H and O–H groups in total. The van der Waals surface area contributed by atoms with E-state index in [1.54, 1.807) is 0 Å². The summed E-state index contributed by atoms with van der Waals surface area (Å²) < 4.78 is 2.37. The van der Waals surface area contributed by atoms with Gasteiger partial charge < -0.3 is 14.4 Å². The van der Waals surface area contributed by atoms with Crippen LogP contribution < -0.4 is 26.2 Å². The van der Waals surface area contributed by atoms with Crippen LogP contribution in [0.1, 0.15) is 0 Å². The lowest BCUT2D eigenvalue weighted by Gasteiger charge is -2.45. The summed E-state index contributed by atoms with van der Waals surface area (Å²) in [6, 6.07) is 119. The van der Waals surface area contributed by atoms with E-state index in [0.717, 1.165) is 123 Å². The molecule has 0 fully saturated rings. The Balaban J connectivity index is 0.843. The first-order valence-electron chi connectivity index (χ1n) is 31.8. The minimum atomic E-state index is -0.0213. The van der Waals surface area contributed by atoms with Crippen LogP contribution in [0.15, 0.2) is 334 Å². The maximum atomic E-state index is 5.71. The van der Waals surface area contributed by atoms with Gasteiger partial charge in [-0.2, -0.15) is 0 Å². The molecule has 18 rings (SSSR count). The van der Waals surface area contributed by atoms with E-state index in [0.29, 0.717) is 23.3 Å². The van der Waals surface area contributed by atoms with Gasteiger partial charge in [0.25, 0.3) is 6.71 Å². The van der Waals surface area contributed by atoms with Gasteiger partial charge in [-0.05, 0) is 118 Å². The molecule has 438 valence electrons. The third-order valence-corrected chi connectivity index (χ3v) is 18.5. The van der Waals surface area contributed by atoms with Crippen molar-refractivity contribution >= 4 is 79.0 Å². The predicted molar refractivity (Wildman–Crippen MR) is 387 cm³/mol. The van der Waals surface area contributed by atoms with Gasteiger partial charge in [-0.1, -0.05) is 249 Å². The van der Waals surface area contributed by atoms with Crippen molar-refractivity contribution < 1.29 is 0 Å². The van der Waals surface area contributed by atoms with Crippen molar-refractivity contribution in [1.29, 1.82) is 0 Å². The van der Waals surface area contributed by atoms with E-state index in [2.05, 4.69) is 281 Å². The number of hydrogen-bond donors (Lipinski definition) is 0. The van der Waals surface area contributed by atoms with Gasteiger partial charge in [0, 0.05) is 78.2 Å². The van der Waals surface area contributed by atoms with Crippen LogP contribution in [0.4, 0.5) is 34.1 Å². The van der Waals surface area contributed by atoms with Crippen molar-refractivity contribution in [3.05, 3.63) is 334 Å². The Morgan fingerprint density at radius 1 is 0.245 bits per heavy atom. The fraction of sp³-hybridized carbons (Fsp3) is 0. The van der Waals surface area contributed by atoms with Crippen LogP contribution >= 0.6 is 0 Å². The Morgan fingerprint density at radius 3 is 1.31 bits per heavy atom. The van der Waals surface area contributed by atoms with Gasteiger partial charge in [-0.3, -0.25) is 0 Å². The second-order valence-corrected chi connectivity index (χ2v) is 23.9. The van der Waals surface area contributed by atoms with Crippen molar-refractivity contribution in [3.63, 3.8) is 0 Å². The highest BCUT2D eigenvalue weighted by molar-refractivity contribution is 7.00. The molecule has 16 aromatic rings. The smallest absolute Gasteiger partial charge is 0.252 e. The quantitative estimate of drug-likeness (QED) is 0.119. The summed E-state index contributed by atoms with van der Waals surface area (Å²) in [5, 5.41) is 2.28. The number of benzene rings is 13. The minimum Gasteiger partial charge on any atom is -0.311 e. The zero-order chi connectivity index (χ0) is 62.1. The number of para-hydroxylation sites is 5. The van der Waals surface area contributed by atoms with Crippen LogP contribution in [0, 0.1) is 0 Å². The summed E-state index contributed by atoms with van der Waals surface area (Å²) in [6.07, 6.45) is 0. The first-order chi connectivity index (χ1) is 46.6. The number of nitrogens with zero attached hydrogens (tertiary/aromatic N) is 8. The van der Waals surface area contributed by atoms with Gasteiger partial charge in [-0.25, -0.2) is 24.9 Å². The molecule has 0 saturated heterocycles. The summed E-state index contributed by atoms with van der Waals surface area (Å²) in [5.74, 6) is 2.24. The molecule has 0 amide bonds. The average molecular weight is 1200 g/mol. The summed E-state index contributed by atoms with van der Waals surface area (Å²) in [5.41, 5.74) is 25.1. The highest BCUT2D eigenvalue weighted by atomic mass is 15.2. The van der Waals surface area contributed by atoms with Gasteiger partial charge >= 0.3 is 0 Å². The molecule has 2 aliphatic heterocycles. The van der Waals surface area contributed by atoms with Crippen molar-refractivity contribution in [1.82, 2.24) is 29.5 Å². The standard InChI is InChI=1S/C85H55BN8/c1-7-25-56(26-8-1)62-47-50-75-68(53-62)67-37-19-22-40-74(67)94(75)76-51-48-63(84-90-82(60-29-11-3-12-30-60)89-83(91-84)61-31-13-4-14-32-61)54-69(76)85-87-72(58-27-9-2-10-28-58)55-73(88-85)59-45-43-57(44-46-59)66-49-52-79-80-81(66)93(65-35-17-6-18-36-65)78-42-24-21-39-71(78)86(80)70-38-20-23-41-77(70)92(79)64-33-15-5-16-34-64/h1-55H. The molecule has 0 unspecified atom stereocenters. The van der Waals surface area contributed by atoms with Gasteiger partial charge in [0.1, 0.15) is 0 Å². The molecule has 0 atom stereocenters. The van der Waals surface area contributed by atoms with Crippen LogP contribution in [0.25, 0.3) is 118 Å². The second-order valence-electron chi connectivity index (χ2n) is 23.9. The lowest BCUT2D eigenvalue weighted by atomic mass is 9.33. The zero-order valence-electron chi connectivity index (χ0n) is 50.9. The van der Waals surface area contributed by atoms with Crippen LogP contribution in [-0.2, 0) is 0 Å². The largest absolute Gasteiger partial charge is 0.311 e. The lowest BCUT2D eigenvalue weighted by molar-refractivity contribution is 1.07. The molecular formula is C85H55BN8. The van der Waals surface area contributed by atoms with E-state index in [9.17, 15) is 0 Å². The fourth-order valence-electron chi connectivity index (χ4n) is 14.2. The Hall–Kier alpha value is -12.6. The lowest BCUT2D eigenvalue weighted by Crippen LogP contribution is -2.61.